The Morgan fingerprint density at radius 2 is 2.20 bits per heavy atom. The number of hydrogen-bond donors (Lipinski definition) is 1. The summed E-state index contributed by atoms with van der Waals surface area (Å²) in [5.41, 5.74) is 8.44. The van der Waals surface area contributed by atoms with Crippen LogP contribution in [0.5, 0.6) is 0 Å². The van der Waals surface area contributed by atoms with Gasteiger partial charge in [-0.15, -0.1) is 0 Å². The molecule has 7 heteroatoms. The lowest BCUT2D eigenvalue weighted by atomic mass is 10.2. The Balaban J connectivity index is 1.82. The summed E-state index contributed by atoms with van der Waals surface area (Å²) in [6, 6.07) is 1.77. The molecule has 3 heterocycles. The molecule has 0 atom stereocenters. The summed E-state index contributed by atoms with van der Waals surface area (Å²) in [5.74, 6) is 1.25. The number of aromatic nitrogens is 5. The van der Waals surface area contributed by atoms with E-state index in [2.05, 4.69) is 20.1 Å². The van der Waals surface area contributed by atoms with Crippen molar-refractivity contribution in [1.82, 2.24) is 24.7 Å². The number of pyridine rings is 1. The molecule has 0 amide bonds. The molecule has 0 bridgehead atoms. The Hall–Kier alpha value is -2.70. The third kappa shape index (κ3) is 2.37. The number of nitrogens with two attached hydrogens (primary N) is 1. The Bertz CT molecular complexity index is 717. The van der Waals surface area contributed by atoms with Crippen LogP contribution in [0.2, 0.25) is 0 Å². The molecule has 3 aromatic heterocycles. The molecule has 0 fully saturated rings. The van der Waals surface area contributed by atoms with Crippen LogP contribution in [0, 0.1) is 6.92 Å². The van der Waals surface area contributed by atoms with E-state index in [0.29, 0.717) is 30.4 Å². The van der Waals surface area contributed by atoms with E-state index in [9.17, 15) is 0 Å². The summed E-state index contributed by atoms with van der Waals surface area (Å²) in [5, 5.41) is 3.88. The first-order chi connectivity index (χ1) is 9.74. The summed E-state index contributed by atoms with van der Waals surface area (Å²) in [4.78, 5) is 12.5. The maximum atomic E-state index is 5.97. The molecular weight excluding hydrogens is 256 g/mol. The van der Waals surface area contributed by atoms with Gasteiger partial charge in [-0.3, -0.25) is 4.98 Å². The van der Waals surface area contributed by atoms with E-state index in [1.54, 1.807) is 37.9 Å². The van der Waals surface area contributed by atoms with E-state index < -0.39 is 0 Å². The highest BCUT2D eigenvalue weighted by Gasteiger charge is 2.10. The summed E-state index contributed by atoms with van der Waals surface area (Å²) in [6.45, 7) is 2.47. The molecule has 0 saturated carbocycles. The first kappa shape index (κ1) is 12.3. The van der Waals surface area contributed by atoms with Gasteiger partial charge in [0.25, 0.3) is 0 Å². The number of nitrogen functional groups attached to an aromatic ring is 1. The zero-order chi connectivity index (χ0) is 13.9. The smallest absolute Gasteiger partial charge is 0.223 e. The number of nitrogens with zero attached hydrogens (tertiary/aromatic N) is 5. The number of rotatable bonds is 4. The second-order valence-corrected chi connectivity index (χ2v) is 4.41. The van der Waals surface area contributed by atoms with Crippen molar-refractivity contribution in [3.63, 3.8) is 0 Å². The Morgan fingerprint density at radius 1 is 1.30 bits per heavy atom. The van der Waals surface area contributed by atoms with E-state index in [-0.39, 0.29) is 0 Å². The summed E-state index contributed by atoms with van der Waals surface area (Å²) in [6.07, 6.45) is 7.60. The Labute approximate surface area is 115 Å². The average Bonchev–Trinajstić information content (AvgIpc) is 3.06. The van der Waals surface area contributed by atoms with Crippen molar-refractivity contribution in [3.05, 3.63) is 42.7 Å². The summed E-state index contributed by atoms with van der Waals surface area (Å²) in [7, 11) is 0. The maximum Gasteiger partial charge on any atom is 0.223 e. The summed E-state index contributed by atoms with van der Waals surface area (Å²) >= 11 is 0. The third-order valence-corrected chi connectivity index (χ3v) is 2.99. The first-order valence-corrected chi connectivity index (χ1v) is 6.23. The first-order valence-electron chi connectivity index (χ1n) is 6.23. The van der Waals surface area contributed by atoms with Crippen LogP contribution in [0.15, 0.2) is 35.5 Å². The second kappa shape index (κ2) is 5.12. The van der Waals surface area contributed by atoms with Crippen LogP contribution in [0.1, 0.15) is 11.7 Å². The van der Waals surface area contributed by atoms with Gasteiger partial charge >= 0.3 is 0 Å². The van der Waals surface area contributed by atoms with Crippen LogP contribution in [0.4, 0.5) is 5.69 Å². The van der Waals surface area contributed by atoms with Crippen LogP contribution in [-0.2, 0) is 13.0 Å². The fourth-order valence-corrected chi connectivity index (χ4v) is 2.01. The maximum absolute atomic E-state index is 5.97. The largest absolute Gasteiger partial charge is 0.398 e. The van der Waals surface area contributed by atoms with Gasteiger partial charge in [0.15, 0.2) is 5.82 Å². The van der Waals surface area contributed by atoms with Gasteiger partial charge in [0.1, 0.15) is 0 Å². The zero-order valence-electron chi connectivity index (χ0n) is 11.0. The van der Waals surface area contributed by atoms with E-state index in [4.69, 9.17) is 10.3 Å². The molecular formula is C13H14N6O. The van der Waals surface area contributed by atoms with Crippen molar-refractivity contribution in [3.8, 4) is 11.3 Å². The molecule has 20 heavy (non-hydrogen) atoms. The molecule has 0 aliphatic rings. The van der Waals surface area contributed by atoms with E-state index in [1.165, 1.54) is 0 Å². The lowest BCUT2D eigenvalue weighted by Gasteiger charge is -2.08. The number of aryl methyl sites for hydroxylation is 3. The van der Waals surface area contributed by atoms with Crippen LogP contribution in [0.3, 0.4) is 0 Å². The fourth-order valence-electron chi connectivity index (χ4n) is 2.01. The molecule has 0 aliphatic heterocycles. The molecule has 0 unspecified atom stereocenters. The topological polar surface area (TPSA) is 95.7 Å². The van der Waals surface area contributed by atoms with Crippen LogP contribution < -0.4 is 5.73 Å². The molecule has 0 aromatic carbocycles. The molecule has 0 radical (unpaired) electrons. The van der Waals surface area contributed by atoms with Crippen LogP contribution in [0.25, 0.3) is 11.3 Å². The highest BCUT2D eigenvalue weighted by Crippen LogP contribution is 2.24. The standard InChI is InChI=1S/C13H14N6O/c1-9-17-13(18-20-9)3-5-19-8-16-7-12(19)10-6-15-4-2-11(10)14/h2,4,6-8H,3,5H2,1H3,(H2,14,15). The highest BCUT2D eigenvalue weighted by molar-refractivity contribution is 5.72. The molecule has 7 nitrogen and oxygen atoms in total. The molecule has 0 aliphatic carbocycles. The lowest BCUT2D eigenvalue weighted by Crippen LogP contribution is -2.04. The SMILES string of the molecule is Cc1nc(CCn2cncc2-c2cnccc2N)no1. The number of hydrogen-bond acceptors (Lipinski definition) is 6. The Morgan fingerprint density at radius 3 is 2.95 bits per heavy atom. The van der Waals surface area contributed by atoms with Crippen LogP contribution in [-0.4, -0.2) is 24.7 Å². The van der Waals surface area contributed by atoms with Gasteiger partial charge in [0.05, 0.1) is 18.2 Å². The third-order valence-electron chi connectivity index (χ3n) is 2.99. The van der Waals surface area contributed by atoms with Crippen molar-refractivity contribution >= 4 is 5.69 Å². The number of anilines is 1. The van der Waals surface area contributed by atoms with Crippen molar-refractivity contribution in [2.45, 2.75) is 19.9 Å². The molecule has 0 spiro atoms. The molecule has 2 N–H and O–H groups in total. The van der Waals surface area contributed by atoms with Crippen molar-refractivity contribution in [2.24, 2.45) is 0 Å². The minimum Gasteiger partial charge on any atom is -0.398 e. The van der Waals surface area contributed by atoms with E-state index in [0.717, 1.165) is 11.3 Å². The normalized spacial score (nSPS) is 10.8. The van der Waals surface area contributed by atoms with Crippen LogP contribution >= 0.6 is 0 Å². The Kier molecular flexibility index (Phi) is 3.16. The van der Waals surface area contributed by atoms with Crippen molar-refractivity contribution < 1.29 is 4.52 Å². The molecule has 3 aromatic rings. The van der Waals surface area contributed by atoms with Gasteiger partial charge in [-0.2, -0.15) is 4.98 Å². The van der Waals surface area contributed by atoms with E-state index >= 15 is 0 Å². The predicted octanol–water partition coefficient (Wildman–Crippen LogP) is 1.46. The minimum atomic E-state index is 0.572. The second-order valence-electron chi connectivity index (χ2n) is 4.41. The van der Waals surface area contributed by atoms with Gasteiger partial charge in [0.2, 0.25) is 5.89 Å². The number of imidazole rings is 1. The lowest BCUT2D eigenvalue weighted by molar-refractivity contribution is 0.386. The molecule has 3 rings (SSSR count). The monoisotopic (exact) mass is 270 g/mol. The predicted molar refractivity (Wildman–Crippen MR) is 72.6 cm³/mol. The molecule has 102 valence electrons. The van der Waals surface area contributed by atoms with Crippen molar-refractivity contribution in [2.75, 3.05) is 5.73 Å². The minimum absolute atomic E-state index is 0.572. The summed E-state index contributed by atoms with van der Waals surface area (Å²) < 4.78 is 6.95. The van der Waals surface area contributed by atoms with Gasteiger partial charge in [-0.05, 0) is 6.07 Å². The molecule has 0 saturated heterocycles. The van der Waals surface area contributed by atoms with Gasteiger partial charge < -0.3 is 14.8 Å². The average molecular weight is 270 g/mol. The van der Waals surface area contributed by atoms with Crippen molar-refractivity contribution in [1.29, 1.82) is 0 Å². The zero-order valence-corrected chi connectivity index (χ0v) is 11.0. The van der Waals surface area contributed by atoms with E-state index in [1.807, 2.05) is 4.57 Å². The highest BCUT2D eigenvalue weighted by atomic mass is 16.5. The van der Waals surface area contributed by atoms with Gasteiger partial charge in [0, 0.05) is 43.5 Å². The van der Waals surface area contributed by atoms with Gasteiger partial charge in [-0.25, -0.2) is 4.98 Å². The quantitative estimate of drug-likeness (QED) is 0.771. The van der Waals surface area contributed by atoms with Gasteiger partial charge in [-0.1, -0.05) is 5.16 Å². The fraction of sp³-hybridized carbons (Fsp3) is 0.231.